The highest BCUT2D eigenvalue weighted by atomic mass is 16.5. The number of aromatic nitrogens is 2. The Morgan fingerprint density at radius 3 is 2.63 bits per heavy atom. The number of para-hydroxylation sites is 1. The van der Waals surface area contributed by atoms with Gasteiger partial charge in [-0.15, -0.1) is 0 Å². The fourth-order valence-corrected chi connectivity index (χ4v) is 3.66. The highest BCUT2D eigenvalue weighted by Gasteiger charge is 2.12. The van der Waals surface area contributed by atoms with Crippen LogP contribution < -0.4 is 15.2 Å². The van der Waals surface area contributed by atoms with Crippen molar-refractivity contribution in [3.8, 4) is 22.6 Å². The van der Waals surface area contributed by atoms with Crippen LogP contribution in [-0.4, -0.2) is 36.3 Å². The molecule has 150 valence electrons. The molecule has 0 unspecified atom stereocenters. The first kappa shape index (κ1) is 18.4. The predicted octanol–water partition coefficient (Wildman–Crippen LogP) is 4.22. The van der Waals surface area contributed by atoms with Gasteiger partial charge in [-0.3, -0.25) is 4.79 Å². The number of ether oxygens (including phenoxy) is 2. The Kier molecular flexibility index (Phi) is 4.91. The Morgan fingerprint density at radius 1 is 0.933 bits per heavy atom. The molecule has 6 nitrogen and oxygen atoms in total. The molecule has 0 atom stereocenters. The molecule has 6 heteroatoms. The molecule has 0 radical (unpaired) electrons. The van der Waals surface area contributed by atoms with Gasteiger partial charge in [-0.1, -0.05) is 24.3 Å². The van der Waals surface area contributed by atoms with E-state index in [-0.39, 0.29) is 5.56 Å². The lowest BCUT2D eigenvalue weighted by molar-refractivity contribution is 0.122. The van der Waals surface area contributed by atoms with Crippen molar-refractivity contribution in [3.63, 3.8) is 0 Å². The van der Waals surface area contributed by atoms with Gasteiger partial charge in [-0.25, -0.2) is 4.98 Å². The lowest BCUT2D eigenvalue weighted by Gasteiger charge is -2.27. The molecule has 3 heterocycles. The zero-order chi connectivity index (χ0) is 20.3. The number of pyridine rings is 2. The number of nitrogens with one attached hydrogen (secondary N) is 1. The molecule has 1 N–H and O–H groups in total. The van der Waals surface area contributed by atoms with E-state index in [1.54, 1.807) is 0 Å². The van der Waals surface area contributed by atoms with Gasteiger partial charge in [0.2, 0.25) is 0 Å². The number of aromatic amines is 1. The van der Waals surface area contributed by atoms with Gasteiger partial charge in [0, 0.05) is 36.3 Å². The third-order valence-corrected chi connectivity index (χ3v) is 5.19. The van der Waals surface area contributed by atoms with Crippen LogP contribution in [0.3, 0.4) is 0 Å². The Hall–Kier alpha value is -3.64. The van der Waals surface area contributed by atoms with Crippen LogP contribution in [0.2, 0.25) is 0 Å². The Morgan fingerprint density at radius 2 is 1.80 bits per heavy atom. The first-order chi connectivity index (χ1) is 14.8. The average Bonchev–Trinajstić information content (AvgIpc) is 2.80. The molecule has 0 amide bonds. The van der Waals surface area contributed by atoms with Gasteiger partial charge in [0.25, 0.3) is 5.56 Å². The summed E-state index contributed by atoms with van der Waals surface area (Å²) in [5, 5.41) is 0.860. The number of anilines is 1. The maximum absolute atomic E-state index is 12.0. The molecule has 2 aromatic heterocycles. The van der Waals surface area contributed by atoms with Crippen molar-refractivity contribution in [2.75, 3.05) is 31.2 Å². The number of hydrogen-bond acceptors (Lipinski definition) is 5. The molecule has 0 spiro atoms. The SMILES string of the molecule is O=c1cc(Oc2cccc(-c3ccc(N4CCOCC4)nc3)c2)c2ccccc2[nH]1. The predicted molar refractivity (Wildman–Crippen MR) is 117 cm³/mol. The molecule has 1 aliphatic heterocycles. The fourth-order valence-electron chi connectivity index (χ4n) is 3.66. The van der Waals surface area contributed by atoms with Crippen molar-refractivity contribution >= 4 is 16.7 Å². The summed E-state index contributed by atoms with van der Waals surface area (Å²) in [4.78, 5) is 21.7. The quantitative estimate of drug-likeness (QED) is 0.557. The minimum Gasteiger partial charge on any atom is -0.456 e. The molecule has 4 aromatic rings. The van der Waals surface area contributed by atoms with Crippen LogP contribution in [-0.2, 0) is 4.74 Å². The minimum absolute atomic E-state index is 0.192. The van der Waals surface area contributed by atoms with Crippen molar-refractivity contribution < 1.29 is 9.47 Å². The third kappa shape index (κ3) is 3.77. The summed E-state index contributed by atoms with van der Waals surface area (Å²) in [5.74, 6) is 2.16. The van der Waals surface area contributed by atoms with E-state index < -0.39 is 0 Å². The molecule has 1 aliphatic rings. The summed E-state index contributed by atoms with van der Waals surface area (Å²) in [6.45, 7) is 3.19. The van der Waals surface area contributed by atoms with E-state index in [2.05, 4.69) is 20.9 Å². The van der Waals surface area contributed by atoms with Gasteiger partial charge in [-0.2, -0.15) is 0 Å². The van der Waals surface area contributed by atoms with Crippen molar-refractivity contribution in [1.82, 2.24) is 9.97 Å². The molecular formula is C24H21N3O3. The molecule has 0 saturated carbocycles. The fraction of sp³-hybridized carbons (Fsp3) is 0.167. The van der Waals surface area contributed by atoms with E-state index in [4.69, 9.17) is 9.47 Å². The summed E-state index contributed by atoms with van der Waals surface area (Å²) in [5.41, 5.74) is 2.57. The summed E-state index contributed by atoms with van der Waals surface area (Å²) < 4.78 is 11.5. The number of fused-ring (bicyclic) bond motifs is 1. The summed E-state index contributed by atoms with van der Waals surface area (Å²) in [7, 11) is 0. The molecule has 1 saturated heterocycles. The molecule has 1 fully saturated rings. The number of benzene rings is 2. The van der Waals surface area contributed by atoms with Gasteiger partial charge in [-0.05, 0) is 42.0 Å². The number of hydrogen-bond donors (Lipinski definition) is 1. The largest absolute Gasteiger partial charge is 0.456 e. The lowest BCUT2D eigenvalue weighted by Crippen LogP contribution is -2.36. The second-order valence-corrected chi connectivity index (χ2v) is 7.18. The van der Waals surface area contributed by atoms with Crippen LogP contribution in [0.25, 0.3) is 22.0 Å². The Balaban J connectivity index is 1.42. The third-order valence-electron chi connectivity index (χ3n) is 5.19. The van der Waals surface area contributed by atoms with Gasteiger partial charge in [0.05, 0.1) is 18.7 Å². The summed E-state index contributed by atoms with van der Waals surface area (Å²) in [6.07, 6.45) is 1.88. The van der Waals surface area contributed by atoms with Crippen LogP contribution in [0.1, 0.15) is 0 Å². The van der Waals surface area contributed by atoms with E-state index >= 15 is 0 Å². The molecule has 0 aliphatic carbocycles. The van der Waals surface area contributed by atoms with Crippen LogP contribution in [0.15, 0.2) is 77.7 Å². The summed E-state index contributed by atoms with van der Waals surface area (Å²) >= 11 is 0. The van der Waals surface area contributed by atoms with Crippen LogP contribution in [0.5, 0.6) is 11.5 Å². The second-order valence-electron chi connectivity index (χ2n) is 7.18. The van der Waals surface area contributed by atoms with Crippen LogP contribution >= 0.6 is 0 Å². The lowest BCUT2D eigenvalue weighted by atomic mass is 10.1. The van der Waals surface area contributed by atoms with E-state index in [0.717, 1.165) is 54.2 Å². The number of H-pyrrole nitrogens is 1. The van der Waals surface area contributed by atoms with Gasteiger partial charge >= 0.3 is 0 Å². The van der Waals surface area contributed by atoms with E-state index in [1.165, 1.54) is 6.07 Å². The molecule has 0 bridgehead atoms. The number of nitrogens with zero attached hydrogens (tertiary/aromatic N) is 2. The Labute approximate surface area is 173 Å². The van der Waals surface area contributed by atoms with Gasteiger partial charge in [0.1, 0.15) is 17.3 Å². The van der Waals surface area contributed by atoms with Gasteiger partial charge in [0.15, 0.2) is 0 Å². The molecule has 5 rings (SSSR count). The van der Waals surface area contributed by atoms with E-state index in [0.29, 0.717) is 11.5 Å². The van der Waals surface area contributed by atoms with Crippen molar-refractivity contribution in [2.24, 2.45) is 0 Å². The second kappa shape index (κ2) is 8.00. The average molecular weight is 399 g/mol. The molecule has 2 aromatic carbocycles. The smallest absolute Gasteiger partial charge is 0.252 e. The van der Waals surface area contributed by atoms with Gasteiger partial charge < -0.3 is 19.4 Å². The maximum atomic E-state index is 12.0. The highest BCUT2D eigenvalue weighted by molar-refractivity contribution is 5.85. The van der Waals surface area contributed by atoms with E-state index in [9.17, 15) is 4.79 Å². The van der Waals surface area contributed by atoms with Crippen LogP contribution in [0, 0.1) is 0 Å². The molecular weight excluding hydrogens is 378 g/mol. The summed E-state index contributed by atoms with van der Waals surface area (Å²) in [6, 6.07) is 21.0. The zero-order valence-electron chi connectivity index (χ0n) is 16.4. The molecule has 30 heavy (non-hydrogen) atoms. The Bertz CT molecular complexity index is 1230. The first-order valence-corrected chi connectivity index (χ1v) is 9.95. The first-order valence-electron chi connectivity index (χ1n) is 9.95. The zero-order valence-corrected chi connectivity index (χ0v) is 16.4. The highest BCUT2D eigenvalue weighted by Crippen LogP contribution is 2.30. The van der Waals surface area contributed by atoms with Crippen LogP contribution in [0.4, 0.5) is 5.82 Å². The van der Waals surface area contributed by atoms with Crippen molar-refractivity contribution in [1.29, 1.82) is 0 Å². The monoisotopic (exact) mass is 399 g/mol. The normalized spacial score (nSPS) is 14.1. The standard InChI is InChI=1S/C24H21N3O3/c28-24-15-22(20-6-1-2-7-21(20)26-24)30-19-5-3-4-17(14-19)18-8-9-23(25-16-18)27-10-12-29-13-11-27/h1-9,14-16H,10-13H2,(H,26,28). The minimum atomic E-state index is -0.192. The number of morpholine rings is 1. The van der Waals surface area contributed by atoms with Crippen molar-refractivity contribution in [3.05, 3.63) is 83.3 Å². The maximum Gasteiger partial charge on any atom is 0.252 e. The van der Waals surface area contributed by atoms with Crippen molar-refractivity contribution in [2.45, 2.75) is 0 Å². The number of rotatable bonds is 4. The topological polar surface area (TPSA) is 67.4 Å². The van der Waals surface area contributed by atoms with E-state index in [1.807, 2.05) is 60.8 Å².